The summed E-state index contributed by atoms with van der Waals surface area (Å²) in [5.74, 6) is 1.41. The van der Waals surface area contributed by atoms with Crippen LogP contribution in [0.5, 0.6) is 0 Å². The zero-order chi connectivity index (χ0) is 15.2. The molecule has 1 atom stereocenters. The summed E-state index contributed by atoms with van der Waals surface area (Å²) in [5.41, 5.74) is 0. The van der Waals surface area contributed by atoms with Gasteiger partial charge in [-0.2, -0.15) is 0 Å². The number of aromatic nitrogens is 2. The van der Waals surface area contributed by atoms with Crippen LogP contribution >= 0.6 is 11.8 Å². The molecule has 0 fully saturated rings. The van der Waals surface area contributed by atoms with Crippen LogP contribution in [0.2, 0.25) is 0 Å². The van der Waals surface area contributed by atoms with Crippen molar-refractivity contribution in [2.45, 2.75) is 24.7 Å². The molecule has 114 valence electrons. The van der Waals surface area contributed by atoms with E-state index in [-0.39, 0.29) is 17.7 Å². The molecule has 8 heteroatoms. The highest BCUT2D eigenvalue weighted by Gasteiger charge is 2.14. The molecule has 0 saturated carbocycles. The maximum Gasteiger partial charge on any atom is 0.277 e. The van der Waals surface area contributed by atoms with Crippen LogP contribution in [0.15, 0.2) is 32.5 Å². The Morgan fingerprint density at radius 1 is 1.48 bits per heavy atom. The molecule has 0 radical (unpaired) electrons. The van der Waals surface area contributed by atoms with E-state index in [1.54, 1.807) is 12.3 Å². The summed E-state index contributed by atoms with van der Waals surface area (Å²) < 4.78 is 10.7. The molecule has 7 nitrogen and oxygen atoms in total. The SMILES string of the molecule is C[C@H](NC(=O)CSc1nnc(C[NH+](C)C)o1)c1ccco1. The Labute approximate surface area is 127 Å². The van der Waals surface area contributed by atoms with E-state index in [2.05, 4.69) is 15.5 Å². The molecule has 0 saturated heterocycles. The van der Waals surface area contributed by atoms with Crippen molar-refractivity contribution >= 4 is 17.7 Å². The van der Waals surface area contributed by atoms with Crippen molar-refractivity contribution in [2.24, 2.45) is 0 Å². The lowest BCUT2D eigenvalue weighted by Crippen LogP contribution is -3.04. The van der Waals surface area contributed by atoms with Gasteiger partial charge < -0.3 is 19.1 Å². The highest BCUT2D eigenvalue weighted by atomic mass is 32.2. The number of hydrogen-bond acceptors (Lipinski definition) is 6. The third-order valence-corrected chi connectivity index (χ3v) is 3.45. The first-order chi connectivity index (χ1) is 10.0. The number of furan rings is 1. The first kappa shape index (κ1) is 15.6. The fraction of sp³-hybridized carbons (Fsp3) is 0.462. The van der Waals surface area contributed by atoms with Crippen molar-refractivity contribution in [3.8, 4) is 0 Å². The topological polar surface area (TPSA) is 85.6 Å². The predicted octanol–water partition coefficient (Wildman–Crippen LogP) is 0.277. The van der Waals surface area contributed by atoms with Crippen LogP contribution in [0.25, 0.3) is 0 Å². The van der Waals surface area contributed by atoms with Crippen LogP contribution in [0.1, 0.15) is 24.6 Å². The normalized spacial score (nSPS) is 12.6. The van der Waals surface area contributed by atoms with E-state index in [4.69, 9.17) is 8.83 Å². The van der Waals surface area contributed by atoms with E-state index in [9.17, 15) is 4.79 Å². The van der Waals surface area contributed by atoms with Crippen molar-refractivity contribution in [1.29, 1.82) is 0 Å². The van der Waals surface area contributed by atoms with Gasteiger partial charge in [0.1, 0.15) is 5.76 Å². The van der Waals surface area contributed by atoms with E-state index in [0.29, 0.717) is 17.7 Å². The molecule has 2 N–H and O–H groups in total. The van der Waals surface area contributed by atoms with Gasteiger partial charge in [-0.15, -0.1) is 10.2 Å². The number of thioether (sulfide) groups is 1. The van der Waals surface area contributed by atoms with E-state index < -0.39 is 0 Å². The number of quaternary nitrogens is 1. The minimum atomic E-state index is -0.163. The molecule has 2 heterocycles. The van der Waals surface area contributed by atoms with Gasteiger partial charge in [0.15, 0.2) is 6.54 Å². The predicted molar refractivity (Wildman–Crippen MR) is 76.8 cm³/mol. The van der Waals surface area contributed by atoms with Crippen LogP contribution in [-0.4, -0.2) is 36.0 Å². The lowest BCUT2D eigenvalue weighted by molar-refractivity contribution is -0.874. The van der Waals surface area contributed by atoms with Gasteiger partial charge in [0.2, 0.25) is 5.91 Å². The second kappa shape index (κ2) is 7.28. The second-order valence-corrected chi connectivity index (χ2v) is 5.87. The standard InChI is InChI=1S/C13H18N4O3S/c1-9(10-5-4-6-19-10)14-11(18)8-21-13-16-15-12(20-13)7-17(2)3/h4-6,9H,7-8H2,1-3H3,(H,14,18)/p+1/t9-/m0/s1. The second-order valence-electron chi connectivity index (χ2n) is 4.94. The zero-order valence-electron chi connectivity index (χ0n) is 12.3. The number of nitrogens with one attached hydrogen (secondary N) is 2. The van der Waals surface area contributed by atoms with E-state index in [0.717, 1.165) is 5.76 Å². The molecule has 0 spiro atoms. The molecule has 2 aromatic heterocycles. The molecule has 2 aromatic rings. The summed E-state index contributed by atoms with van der Waals surface area (Å²) in [6.45, 7) is 2.53. The molecule has 0 aliphatic carbocycles. The van der Waals surface area contributed by atoms with E-state index in [1.807, 2.05) is 27.1 Å². The Balaban J connectivity index is 1.77. The Kier molecular flexibility index (Phi) is 5.40. The molecule has 2 rings (SSSR count). The number of amides is 1. The lowest BCUT2D eigenvalue weighted by Gasteiger charge is -2.10. The molecule has 0 unspecified atom stereocenters. The van der Waals surface area contributed by atoms with Crippen molar-refractivity contribution < 1.29 is 18.5 Å². The third-order valence-electron chi connectivity index (χ3n) is 2.63. The van der Waals surface area contributed by atoms with Crippen LogP contribution in [0.4, 0.5) is 0 Å². The first-order valence-electron chi connectivity index (χ1n) is 6.61. The number of carbonyl (C=O) groups excluding carboxylic acids is 1. The molecule has 0 aliphatic rings. The summed E-state index contributed by atoms with van der Waals surface area (Å²) in [6.07, 6.45) is 1.58. The van der Waals surface area contributed by atoms with Gasteiger partial charge in [-0.25, -0.2) is 0 Å². The number of rotatable bonds is 7. The quantitative estimate of drug-likeness (QED) is 0.714. The summed E-state index contributed by atoms with van der Waals surface area (Å²) in [5, 5.41) is 11.1. The Morgan fingerprint density at radius 2 is 2.29 bits per heavy atom. The average molecular weight is 311 g/mol. The third kappa shape index (κ3) is 4.91. The lowest BCUT2D eigenvalue weighted by atomic mass is 10.2. The molecule has 1 amide bonds. The highest BCUT2D eigenvalue weighted by molar-refractivity contribution is 7.99. The molecule has 21 heavy (non-hydrogen) atoms. The van der Waals surface area contributed by atoms with Crippen molar-refractivity contribution in [1.82, 2.24) is 15.5 Å². The van der Waals surface area contributed by atoms with Crippen LogP contribution < -0.4 is 10.2 Å². The maximum atomic E-state index is 11.8. The van der Waals surface area contributed by atoms with Gasteiger partial charge in [-0.1, -0.05) is 11.8 Å². The summed E-state index contributed by atoms with van der Waals surface area (Å²) in [6, 6.07) is 3.45. The Hall–Kier alpha value is -1.80. The fourth-order valence-corrected chi connectivity index (χ4v) is 2.28. The highest BCUT2D eigenvalue weighted by Crippen LogP contribution is 2.17. The van der Waals surface area contributed by atoms with E-state index in [1.165, 1.54) is 16.7 Å². The Bertz CT molecular complexity index is 568. The van der Waals surface area contributed by atoms with Gasteiger partial charge in [-0.05, 0) is 19.1 Å². The van der Waals surface area contributed by atoms with E-state index >= 15 is 0 Å². The van der Waals surface area contributed by atoms with Gasteiger partial charge in [-0.3, -0.25) is 4.79 Å². The monoisotopic (exact) mass is 311 g/mol. The summed E-state index contributed by atoms with van der Waals surface area (Å²) >= 11 is 1.22. The first-order valence-corrected chi connectivity index (χ1v) is 7.60. The molecular weight excluding hydrogens is 292 g/mol. The maximum absolute atomic E-state index is 11.8. The minimum Gasteiger partial charge on any atom is -0.467 e. The average Bonchev–Trinajstić information content (AvgIpc) is 3.06. The Morgan fingerprint density at radius 3 is 2.95 bits per heavy atom. The molecule has 0 aliphatic heterocycles. The van der Waals surface area contributed by atoms with Crippen LogP contribution in [0, 0.1) is 0 Å². The number of hydrogen-bond donors (Lipinski definition) is 2. The van der Waals surface area contributed by atoms with Crippen molar-refractivity contribution in [3.05, 3.63) is 30.0 Å². The number of carbonyl (C=O) groups is 1. The smallest absolute Gasteiger partial charge is 0.277 e. The van der Waals surface area contributed by atoms with Gasteiger partial charge in [0, 0.05) is 0 Å². The molecule has 0 aromatic carbocycles. The van der Waals surface area contributed by atoms with Gasteiger partial charge in [0.05, 0.1) is 32.2 Å². The fourth-order valence-electron chi connectivity index (χ4n) is 1.69. The zero-order valence-corrected chi connectivity index (χ0v) is 13.1. The van der Waals surface area contributed by atoms with Crippen LogP contribution in [0.3, 0.4) is 0 Å². The number of nitrogens with zero attached hydrogens (tertiary/aromatic N) is 2. The summed E-state index contributed by atoms with van der Waals surface area (Å²) in [7, 11) is 4.00. The largest absolute Gasteiger partial charge is 0.467 e. The minimum absolute atomic E-state index is 0.109. The van der Waals surface area contributed by atoms with Crippen LogP contribution in [-0.2, 0) is 11.3 Å². The van der Waals surface area contributed by atoms with Gasteiger partial charge in [0.25, 0.3) is 11.1 Å². The molecular formula is C13H19N4O3S+. The van der Waals surface area contributed by atoms with Crippen molar-refractivity contribution in [2.75, 3.05) is 19.8 Å². The molecule has 0 bridgehead atoms. The van der Waals surface area contributed by atoms with Gasteiger partial charge >= 0.3 is 0 Å². The van der Waals surface area contributed by atoms with Crippen molar-refractivity contribution in [3.63, 3.8) is 0 Å². The summed E-state index contributed by atoms with van der Waals surface area (Å²) in [4.78, 5) is 13.0.